The van der Waals surface area contributed by atoms with Gasteiger partial charge in [-0.25, -0.2) is 0 Å². The van der Waals surface area contributed by atoms with Gasteiger partial charge in [0.05, 0.1) is 18.8 Å². The Balaban J connectivity index is 2.29. The summed E-state index contributed by atoms with van der Waals surface area (Å²) < 4.78 is 6.05. The minimum Gasteiger partial charge on any atom is -0.394 e. The second-order valence-electron chi connectivity index (χ2n) is 6.36. The number of ether oxygens (including phenoxy) is 1. The summed E-state index contributed by atoms with van der Waals surface area (Å²) in [6.45, 7) is 2.85. The third-order valence-electron chi connectivity index (χ3n) is 4.19. The summed E-state index contributed by atoms with van der Waals surface area (Å²) in [6, 6.07) is 10.3. The van der Waals surface area contributed by atoms with Crippen LogP contribution in [0, 0.1) is 0 Å². The van der Waals surface area contributed by atoms with Crippen molar-refractivity contribution in [3.63, 3.8) is 0 Å². The Kier molecular flexibility index (Phi) is 11.9. The van der Waals surface area contributed by atoms with Crippen LogP contribution in [0.25, 0.3) is 0 Å². The first-order valence-electron chi connectivity index (χ1n) is 9.20. The molecule has 1 rings (SSSR count). The molecule has 0 aliphatic carbocycles. The summed E-state index contributed by atoms with van der Waals surface area (Å²) in [6.07, 6.45) is 9.30. The van der Waals surface area contributed by atoms with Gasteiger partial charge in [0, 0.05) is 6.61 Å². The Hall–Kier alpha value is -0.900. The maximum Gasteiger partial charge on any atom is 0.0771 e. The predicted molar refractivity (Wildman–Crippen MR) is 95.6 cm³/mol. The van der Waals surface area contributed by atoms with Crippen molar-refractivity contribution in [3.05, 3.63) is 35.9 Å². The number of hydrogen-bond donors (Lipinski definition) is 2. The number of aliphatic hydroxyl groups excluding tert-OH is 2. The van der Waals surface area contributed by atoms with E-state index in [1.165, 1.54) is 37.7 Å². The molecular formula is C20H34O3. The maximum absolute atomic E-state index is 9.56. The van der Waals surface area contributed by atoms with Crippen molar-refractivity contribution in [2.45, 2.75) is 76.9 Å². The normalized spacial score (nSPS) is 13.9. The van der Waals surface area contributed by atoms with Crippen LogP contribution in [0.1, 0.15) is 63.9 Å². The van der Waals surface area contributed by atoms with Crippen LogP contribution >= 0.6 is 0 Å². The highest BCUT2D eigenvalue weighted by atomic mass is 16.5. The van der Waals surface area contributed by atoms with Crippen molar-refractivity contribution in [2.24, 2.45) is 0 Å². The lowest BCUT2D eigenvalue weighted by atomic mass is 10.0. The molecule has 0 heterocycles. The Morgan fingerprint density at radius 2 is 1.65 bits per heavy atom. The fourth-order valence-corrected chi connectivity index (χ4v) is 2.72. The van der Waals surface area contributed by atoms with Gasteiger partial charge in [-0.15, -0.1) is 0 Å². The van der Waals surface area contributed by atoms with E-state index in [1.54, 1.807) is 0 Å². The predicted octanol–water partition coefficient (Wildman–Crippen LogP) is 4.11. The van der Waals surface area contributed by atoms with Crippen LogP contribution < -0.4 is 0 Å². The van der Waals surface area contributed by atoms with Gasteiger partial charge in [0.2, 0.25) is 0 Å². The van der Waals surface area contributed by atoms with Crippen molar-refractivity contribution in [1.82, 2.24) is 0 Å². The van der Waals surface area contributed by atoms with Gasteiger partial charge in [0.25, 0.3) is 0 Å². The monoisotopic (exact) mass is 322 g/mol. The molecule has 0 aromatic heterocycles. The van der Waals surface area contributed by atoms with Crippen LogP contribution in [0.3, 0.4) is 0 Å². The van der Waals surface area contributed by atoms with Crippen molar-refractivity contribution in [2.75, 3.05) is 13.2 Å². The molecule has 2 atom stereocenters. The Morgan fingerprint density at radius 1 is 0.957 bits per heavy atom. The molecule has 0 radical (unpaired) electrons. The van der Waals surface area contributed by atoms with E-state index < -0.39 is 6.10 Å². The molecule has 23 heavy (non-hydrogen) atoms. The number of rotatable bonds is 14. The summed E-state index contributed by atoms with van der Waals surface area (Å²) in [7, 11) is 0. The summed E-state index contributed by atoms with van der Waals surface area (Å²) in [5.74, 6) is 0. The molecule has 0 unspecified atom stereocenters. The van der Waals surface area contributed by atoms with Gasteiger partial charge in [-0.1, -0.05) is 69.4 Å². The standard InChI is InChI=1S/C20H34O3/c1-2-3-4-5-6-10-15-23-20(14-13-19(22)17-21)16-18-11-8-7-9-12-18/h7-9,11-12,19-22H,2-6,10,13-17H2,1H3/t19-,20-/m1/s1. The molecule has 1 aromatic carbocycles. The van der Waals surface area contributed by atoms with Crippen molar-refractivity contribution in [1.29, 1.82) is 0 Å². The van der Waals surface area contributed by atoms with Crippen LogP contribution in [0.4, 0.5) is 0 Å². The average molecular weight is 322 g/mol. The second kappa shape index (κ2) is 13.5. The van der Waals surface area contributed by atoms with Crippen LogP contribution in [-0.2, 0) is 11.2 Å². The lowest BCUT2D eigenvalue weighted by Crippen LogP contribution is -2.21. The number of benzene rings is 1. The Labute approximate surface area is 141 Å². The van der Waals surface area contributed by atoms with E-state index in [0.717, 1.165) is 25.9 Å². The van der Waals surface area contributed by atoms with Crippen molar-refractivity contribution < 1.29 is 14.9 Å². The Bertz CT molecular complexity index is 366. The van der Waals surface area contributed by atoms with Gasteiger partial charge in [0.15, 0.2) is 0 Å². The number of unbranched alkanes of at least 4 members (excludes halogenated alkanes) is 5. The highest BCUT2D eigenvalue weighted by Crippen LogP contribution is 2.14. The molecular weight excluding hydrogens is 288 g/mol. The first-order chi connectivity index (χ1) is 11.3. The van der Waals surface area contributed by atoms with E-state index in [9.17, 15) is 5.11 Å². The minimum atomic E-state index is -0.633. The van der Waals surface area contributed by atoms with E-state index in [2.05, 4.69) is 19.1 Å². The van der Waals surface area contributed by atoms with E-state index in [1.807, 2.05) is 18.2 Å². The fraction of sp³-hybridized carbons (Fsp3) is 0.700. The SMILES string of the molecule is CCCCCCCCO[C@H](CC[C@@H](O)CO)Cc1ccccc1. The molecule has 0 saturated heterocycles. The molecule has 0 spiro atoms. The van der Waals surface area contributed by atoms with Crippen molar-refractivity contribution >= 4 is 0 Å². The van der Waals surface area contributed by atoms with Crippen LogP contribution in [-0.4, -0.2) is 35.6 Å². The molecule has 2 N–H and O–H groups in total. The van der Waals surface area contributed by atoms with Crippen LogP contribution in [0.5, 0.6) is 0 Å². The van der Waals surface area contributed by atoms with E-state index in [4.69, 9.17) is 9.84 Å². The summed E-state index contributed by atoms with van der Waals surface area (Å²) in [5, 5.41) is 18.5. The first kappa shape index (κ1) is 20.1. The number of aliphatic hydroxyl groups is 2. The van der Waals surface area contributed by atoms with E-state index in [-0.39, 0.29) is 12.7 Å². The third kappa shape index (κ3) is 10.5. The van der Waals surface area contributed by atoms with Gasteiger partial charge in [-0.2, -0.15) is 0 Å². The highest BCUT2D eigenvalue weighted by molar-refractivity contribution is 5.15. The average Bonchev–Trinajstić information content (AvgIpc) is 2.59. The largest absolute Gasteiger partial charge is 0.394 e. The second-order valence-corrected chi connectivity index (χ2v) is 6.36. The van der Waals surface area contributed by atoms with Crippen LogP contribution in [0.15, 0.2) is 30.3 Å². The van der Waals surface area contributed by atoms with E-state index >= 15 is 0 Å². The summed E-state index contributed by atoms with van der Waals surface area (Å²) in [4.78, 5) is 0. The van der Waals surface area contributed by atoms with Gasteiger partial charge < -0.3 is 14.9 Å². The molecule has 0 aliphatic rings. The molecule has 1 aromatic rings. The zero-order chi connectivity index (χ0) is 16.8. The zero-order valence-electron chi connectivity index (χ0n) is 14.6. The van der Waals surface area contributed by atoms with Gasteiger partial charge in [-0.3, -0.25) is 0 Å². The molecule has 0 saturated carbocycles. The number of hydrogen-bond acceptors (Lipinski definition) is 3. The van der Waals surface area contributed by atoms with Crippen LogP contribution in [0.2, 0.25) is 0 Å². The lowest BCUT2D eigenvalue weighted by molar-refractivity contribution is 0.0239. The zero-order valence-corrected chi connectivity index (χ0v) is 14.6. The summed E-state index contributed by atoms with van der Waals surface area (Å²) >= 11 is 0. The first-order valence-corrected chi connectivity index (χ1v) is 9.20. The quantitative estimate of drug-likeness (QED) is 0.507. The van der Waals surface area contributed by atoms with Gasteiger partial charge in [0.1, 0.15) is 0 Å². The van der Waals surface area contributed by atoms with Gasteiger partial charge >= 0.3 is 0 Å². The molecule has 0 bridgehead atoms. The molecule has 0 aliphatic heterocycles. The van der Waals surface area contributed by atoms with Gasteiger partial charge in [-0.05, 0) is 31.2 Å². The molecule has 0 amide bonds. The van der Waals surface area contributed by atoms with Crippen molar-refractivity contribution in [3.8, 4) is 0 Å². The molecule has 3 heteroatoms. The topological polar surface area (TPSA) is 49.7 Å². The fourth-order valence-electron chi connectivity index (χ4n) is 2.72. The lowest BCUT2D eigenvalue weighted by Gasteiger charge is -2.19. The molecule has 132 valence electrons. The maximum atomic E-state index is 9.56. The third-order valence-corrected chi connectivity index (χ3v) is 4.19. The smallest absolute Gasteiger partial charge is 0.0771 e. The molecule has 0 fully saturated rings. The molecule has 3 nitrogen and oxygen atoms in total. The van der Waals surface area contributed by atoms with E-state index in [0.29, 0.717) is 6.42 Å². The summed E-state index contributed by atoms with van der Waals surface area (Å²) in [5.41, 5.74) is 1.26. The Morgan fingerprint density at radius 3 is 2.35 bits per heavy atom. The highest BCUT2D eigenvalue weighted by Gasteiger charge is 2.13. The minimum absolute atomic E-state index is 0.120.